The number of ether oxygens (including phenoxy) is 1. The van der Waals surface area contributed by atoms with Gasteiger partial charge in [0.2, 0.25) is 5.88 Å². The summed E-state index contributed by atoms with van der Waals surface area (Å²) in [6.45, 7) is 1.83. The lowest BCUT2D eigenvalue weighted by molar-refractivity contribution is -0.123. The van der Waals surface area contributed by atoms with Crippen LogP contribution in [0, 0.1) is 6.92 Å². The van der Waals surface area contributed by atoms with Gasteiger partial charge < -0.3 is 15.2 Å². The van der Waals surface area contributed by atoms with E-state index in [1.165, 1.54) is 17.2 Å². The number of carbonyl (C=O) groups excluding carboxylic acids is 1. The molecule has 4 aromatic rings. The molecule has 0 saturated carbocycles. The Morgan fingerprint density at radius 2 is 2.09 bits per heavy atom. The van der Waals surface area contributed by atoms with Crippen molar-refractivity contribution in [1.29, 1.82) is 0 Å². The summed E-state index contributed by atoms with van der Waals surface area (Å²) in [6, 6.07) is 6.97. The summed E-state index contributed by atoms with van der Waals surface area (Å²) in [5, 5.41) is 17.2. The molecule has 10 nitrogen and oxygen atoms in total. The first kappa shape index (κ1) is 21.6. The van der Waals surface area contributed by atoms with Crippen LogP contribution in [0.5, 0.6) is 5.88 Å². The van der Waals surface area contributed by atoms with Gasteiger partial charge in [-0.15, -0.1) is 0 Å². The van der Waals surface area contributed by atoms with Crippen LogP contribution in [-0.2, 0) is 4.79 Å². The van der Waals surface area contributed by atoms with Crippen molar-refractivity contribution in [2.45, 2.75) is 25.9 Å². The number of aliphatic hydroxyl groups excluding tert-OH is 1. The highest BCUT2D eigenvalue weighted by molar-refractivity contribution is 6.32. The van der Waals surface area contributed by atoms with Gasteiger partial charge in [0.25, 0.3) is 5.91 Å². The molecular formula is C21H20ClN7O3. The minimum absolute atomic E-state index is 0.0782. The van der Waals surface area contributed by atoms with Gasteiger partial charge in [0.1, 0.15) is 17.5 Å². The second-order valence-corrected chi connectivity index (χ2v) is 7.37. The average Bonchev–Trinajstić information content (AvgIpc) is 3.23. The molecule has 0 radical (unpaired) electrons. The fraction of sp³-hybridized carbons (Fsp3) is 0.238. The van der Waals surface area contributed by atoms with E-state index in [0.29, 0.717) is 34.1 Å². The number of fused-ring (bicyclic) bond motifs is 1. The van der Waals surface area contributed by atoms with E-state index in [1.54, 1.807) is 30.6 Å². The van der Waals surface area contributed by atoms with Crippen molar-refractivity contribution in [3.8, 4) is 11.7 Å². The first-order valence-electron chi connectivity index (χ1n) is 9.87. The second-order valence-electron chi connectivity index (χ2n) is 6.96. The number of anilines is 1. The lowest BCUT2D eigenvalue weighted by atomic mass is 10.2. The number of nitrogens with one attached hydrogen (secondary N) is 1. The molecule has 1 atom stereocenters. The fourth-order valence-electron chi connectivity index (χ4n) is 3.01. The molecule has 0 spiro atoms. The normalized spacial score (nSPS) is 12.0. The number of hydrogen-bond donors (Lipinski definition) is 2. The van der Waals surface area contributed by atoms with Crippen molar-refractivity contribution in [3.05, 3.63) is 59.8 Å². The Labute approximate surface area is 188 Å². The maximum absolute atomic E-state index is 12.9. The lowest BCUT2D eigenvalue weighted by Gasteiger charge is -2.18. The summed E-state index contributed by atoms with van der Waals surface area (Å²) in [4.78, 5) is 29.8. The topological polar surface area (TPSA) is 128 Å². The van der Waals surface area contributed by atoms with Crippen LogP contribution in [0.4, 0.5) is 5.82 Å². The number of amides is 1. The molecule has 0 aliphatic rings. The van der Waals surface area contributed by atoms with Crippen molar-refractivity contribution in [2.24, 2.45) is 0 Å². The summed E-state index contributed by atoms with van der Waals surface area (Å²) in [5.74, 6) is 0.600. The van der Waals surface area contributed by atoms with E-state index in [9.17, 15) is 9.90 Å². The fourth-order valence-corrected chi connectivity index (χ4v) is 3.21. The largest absolute Gasteiger partial charge is 0.464 e. The van der Waals surface area contributed by atoms with E-state index in [1.807, 2.05) is 13.0 Å². The van der Waals surface area contributed by atoms with Crippen molar-refractivity contribution < 1.29 is 14.6 Å². The SMILES string of the molecule is Cc1ccc(NC(=O)C(CCCO)Oc2ncnc3c2cnn3-c2ncccc2Cl)nc1. The Morgan fingerprint density at radius 1 is 1.22 bits per heavy atom. The molecular weight excluding hydrogens is 434 g/mol. The van der Waals surface area contributed by atoms with Gasteiger partial charge in [0.05, 0.1) is 11.2 Å². The summed E-state index contributed by atoms with van der Waals surface area (Å²) in [7, 11) is 0. The number of carbonyl (C=O) groups is 1. The molecule has 0 bridgehead atoms. The Hall–Kier alpha value is -3.63. The third-order valence-corrected chi connectivity index (χ3v) is 4.90. The number of halogens is 1. The summed E-state index contributed by atoms with van der Waals surface area (Å²) >= 11 is 6.25. The first-order valence-corrected chi connectivity index (χ1v) is 10.3. The summed E-state index contributed by atoms with van der Waals surface area (Å²) < 4.78 is 7.44. The molecule has 32 heavy (non-hydrogen) atoms. The van der Waals surface area contributed by atoms with Crippen molar-refractivity contribution in [3.63, 3.8) is 0 Å². The smallest absolute Gasteiger partial charge is 0.266 e. The summed E-state index contributed by atoms with van der Waals surface area (Å²) in [6.07, 6.45) is 5.83. The van der Waals surface area contributed by atoms with Gasteiger partial charge >= 0.3 is 0 Å². The van der Waals surface area contributed by atoms with E-state index in [-0.39, 0.29) is 18.9 Å². The van der Waals surface area contributed by atoms with Crippen molar-refractivity contribution in [2.75, 3.05) is 11.9 Å². The molecule has 4 rings (SSSR count). The van der Waals surface area contributed by atoms with Crippen molar-refractivity contribution in [1.82, 2.24) is 29.7 Å². The van der Waals surface area contributed by atoms with Crippen LogP contribution in [0.3, 0.4) is 0 Å². The zero-order valence-electron chi connectivity index (χ0n) is 17.1. The monoisotopic (exact) mass is 453 g/mol. The van der Waals surface area contributed by atoms with Crippen LogP contribution >= 0.6 is 11.6 Å². The number of aromatic nitrogens is 6. The highest BCUT2D eigenvalue weighted by Gasteiger charge is 2.24. The average molecular weight is 454 g/mol. The maximum Gasteiger partial charge on any atom is 0.266 e. The Kier molecular flexibility index (Phi) is 6.52. The van der Waals surface area contributed by atoms with Crippen LogP contribution in [0.15, 0.2) is 49.2 Å². The number of aliphatic hydroxyl groups is 1. The molecule has 4 heterocycles. The predicted octanol–water partition coefficient (Wildman–Crippen LogP) is 2.73. The molecule has 0 fully saturated rings. The molecule has 0 aliphatic heterocycles. The van der Waals surface area contributed by atoms with E-state index >= 15 is 0 Å². The van der Waals surface area contributed by atoms with Gasteiger partial charge in [0.15, 0.2) is 17.6 Å². The maximum atomic E-state index is 12.9. The zero-order chi connectivity index (χ0) is 22.5. The Morgan fingerprint density at radius 3 is 2.84 bits per heavy atom. The van der Waals surface area contributed by atoms with E-state index in [0.717, 1.165) is 5.56 Å². The second kappa shape index (κ2) is 9.67. The standard InChI is InChI=1S/C21H20ClN7O3/c1-13-6-7-17(24-10-13)28-20(31)16(5-3-9-30)32-21-14-11-27-29(18(14)25-12-26-21)19-15(22)4-2-8-23-19/h2,4,6-8,10-12,16,30H,3,5,9H2,1H3,(H,24,28,31). The highest BCUT2D eigenvalue weighted by Crippen LogP contribution is 2.26. The predicted molar refractivity (Wildman–Crippen MR) is 118 cm³/mol. The number of nitrogens with zero attached hydrogens (tertiary/aromatic N) is 6. The molecule has 11 heteroatoms. The van der Waals surface area contributed by atoms with Gasteiger partial charge in [0, 0.05) is 19.0 Å². The van der Waals surface area contributed by atoms with Gasteiger partial charge in [-0.2, -0.15) is 9.78 Å². The van der Waals surface area contributed by atoms with E-state index in [2.05, 4.69) is 30.4 Å². The molecule has 1 unspecified atom stereocenters. The Balaban J connectivity index is 1.62. The third-order valence-electron chi connectivity index (χ3n) is 4.60. The number of rotatable bonds is 8. The lowest BCUT2D eigenvalue weighted by Crippen LogP contribution is -2.33. The van der Waals surface area contributed by atoms with Gasteiger partial charge in [-0.05, 0) is 43.5 Å². The van der Waals surface area contributed by atoms with Crippen LogP contribution in [-0.4, -0.2) is 53.4 Å². The van der Waals surface area contributed by atoms with Gasteiger partial charge in [-0.1, -0.05) is 17.7 Å². The highest BCUT2D eigenvalue weighted by atomic mass is 35.5. The van der Waals surface area contributed by atoms with Gasteiger partial charge in [-0.25, -0.2) is 19.9 Å². The molecule has 4 aromatic heterocycles. The van der Waals surface area contributed by atoms with Gasteiger partial charge in [-0.3, -0.25) is 4.79 Å². The minimum Gasteiger partial charge on any atom is -0.464 e. The van der Waals surface area contributed by atoms with Crippen LogP contribution in [0.2, 0.25) is 5.02 Å². The quantitative estimate of drug-likeness (QED) is 0.416. The van der Waals surface area contributed by atoms with E-state index < -0.39 is 12.0 Å². The first-order chi connectivity index (χ1) is 15.6. The number of aryl methyl sites for hydroxylation is 1. The minimum atomic E-state index is -0.912. The van der Waals surface area contributed by atoms with Crippen LogP contribution in [0.1, 0.15) is 18.4 Å². The Bertz CT molecular complexity index is 1230. The third kappa shape index (κ3) is 4.66. The molecule has 0 saturated heterocycles. The molecule has 1 amide bonds. The molecule has 0 aromatic carbocycles. The zero-order valence-corrected chi connectivity index (χ0v) is 17.9. The van der Waals surface area contributed by atoms with Crippen LogP contribution in [0.25, 0.3) is 16.9 Å². The van der Waals surface area contributed by atoms with Crippen LogP contribution < -0.4 is 10.1 Å². The van der Waals surface area contributed by atoms with Crippen molar-refractivity contribution >= 4 is 34.4 Å². The number of hydrogen-bond acceptors (Lipinski definition) is 8. The summed E-state index contributed by atoms with van der Waals surface area (Å²) in [5.41, 5.74) is 1.40. The molecule has 0 aliphatic carbocycles. The molecule has 164 valence electrons. The molecule has 2 N–H and O–H groups in total. The number of pyridine rings is 2. The van der Waals surface area contributed by atoms with E-state index in [4.69, 9.17) is 16.3 Å².